The predicted molar refractivity (Wildman–Crippen MR) is 157 cm³/mol. The maximum atomic E-state index is 14.0. The molecule has 7 nitrogen and oxygen atoms in total. The smallest absolute Gasteiger partial charge is 0.270 e. The van der Waals surface area contributed by atoms with E-state index in [9.17, 15) is 9.59 Å². The number of anilines is 1. The summed E-state index contributed by atoms with van der Waals surface area (Å²) >= 11 is 6.43. The Morgan fingerprint density at radius 3 is 2.00 bits per heavy atom. The molecule has 0 saturated carbocycles. The SMILES string of the molecule is Cc1nccc(Cl)c1-c1ccc(NC(=O)C(NC(=O)c2ccnn2C)C(c2ccccc2)c2ccccc2)cc1. The molecule has 1 atom stereocenters. The van der Waals surface area contributed by atoms with Crippen LogP contribution in [0.25, 0.3) is 11.1 Å². The monoisotopic (exact) mass is 549 g/mol. The van der Waals surface area contributed by atoms with Crippen LogP contribution in [0.4, 0.5) is 5.69 Å². The van der Waals surface area contributed by atoms with Crippen molar-refractivity contribution in [3.8, 4) is 11.1 Å². The summed E-state index contributed by atoms with van der Waals surface area (Å²) in [6.45, 7) is 1.90. The summed E-state index contributed by atoms with van der Waals surface area (Å²) in [5.74, 6) is -1.19. The van der Waals surface area contributed by atoms with E-state index in [1.165, 1.54) is 4.68 Å². The van der Waals surface area contributed by atoms with E-state index in [0.717, 1.165) is 27.9 Å². The summed E-state index contributed by atoms with van der Waals surface area (Å²) in [7, 11) is 1.69. The van der Waals surface area contributed by atoms with Crippen LogP contribution in [0.1, 0.15) is 33.2 Å². The van der Waals surface area contributed by atoms with Gasteiger partial charge in [-0.1, -0.05) is 84.4 Å². The van der Waals surface area contributed by atoms with Gasteiger partial charge in [-0.3, -0.25) is 19.3 Å². The van der Waals surface area contributed by atoms with Gasteiger partial charge in [-0.05, 0) is 47.9 Å². The molecule has 0 fully saturated rings. The number of nitrogens with one attached hydrogen (secondary N) is 2. The van der Waals surface area contributed by atoms with E-state index in [0.29, 0.717) is 16.4 Å². The van der Waals surface area contributed by atoms with Crippen LogP contribution in [0.15, 0.2) is 109 Å². The Kier molecular flexibility index (Phi) is 8.03. The van der Waals surface area contributed by atoms with E-state index < -0.39 is 17.9 Å². The number of aryl methyl sites for hydroxylation is 2. The number of halogens is 1. The number of benzene rings is 3. The van der Waals surface area contributed by atoms with Gasteiger partial charge >= 0.3 is 0 Å². The summed E-state index contributed by atoms with van der Waals surface area (Å²) in [6.07, 6.45) is 3.22. The lowest BCUT2D eigenvalue weighted by atomic mass is 9.84. The molecule has 2 amide bonds. The molecule has 0 aliphatic heterocycles. The molecule has 2 heterocycles. The Balaban J connectivity index is 1.49. The first-order valence-electron chi connectivity index (χ1n) is 12.8. The highest BCUT2D eigenvalue weighted by Crippen LogP contribution is 2.32. The number of nitrogens with zero attached hydrogens (tertiary/aromatic N) is 3. The van der Waals surface area contributed by atoms with Crippen LogP contribution >= 0.6 is 11.6 Å². The molecule has 0 radical (unpaired) electrons. The molecule has 3 aromatic carbocycles. The van der Waals surface area contributed by atoms with Crippen LogP contribution in [0.5, 0.6) is 0 Å². The third-order valence-electron chi connectivity index (χ3n) is 6.80. The lowest BCUT2D eigenvalue weighted by Crippen LogP contribution is -2.48. The summed E-state index contributed by atoms with van der Waals surface area (Å²) in [5.41, 5.74) is 5.29. The number of carbonyl (C=O) groups excluding carboxylic acids is 2. The van der Waals surface area contributed by atoms with Crippen molar-refractivity contribution in [3.05, 3.63) is 137 Å². The zero-order valence-electron chi connectivity index (χ0n) is 22.1. The predicted octanol–water partition coefficient (Wildman–Crippen LogP) is 6.01. The molecular weight excluding hydrogens is 522 g/mol. The van der Waals surface area contributed by atoms with Gasteiger partial charge in [0.2, 0.25) is 5.91 Å². The molecule has 5 aromatic rings. The number of pyridine rings is 1. The van der Waals surface area contributed by atoms with Crippen LogP contribution in [0.2, 0.25) is 5.02 Å². The second-order valence-corrected chi connectivity index (χ2v) is 9.82. The minimum atomic E-state index is -0.929. The second kappa shape index (κ2) is 12.0. The first-order valence-corrected chi connectivity index (χ1v) is 13.2. The summed E-state index contributed by atoms with van der Waals surface area (Å²) in [5, 5.41) is 10.7. The Morgan fingerprint density at radius 1 is 0.825 bits per heavy atom. The standard InChI is InChI=1S/C32H28ClN5O2/c1-21-28(26(33)17-19-34-21)24-13-15-25(16-14-24)36-32(40)30(37-31(39)27-18-20-35-38(27)2)29(22-9-5-3-6-10-22)23-11-7-4-8-12-23/h3-20,29-30H,1-2H3,(H,36,40)(H,37,39). The Labute approximate surface area is 237 Å². The van der Waals surface area contributed by atoms with Crippen molar-refractivity contribution < 1.29 is 9.59 Å². The fourth-order valence-electron chi connectivity index (χ4n) is 4.83. The molecular formula is C32H28ClN5O2. The van der Waals surface area contributed by atoms with Gasteiger partial charge in [-0.2, -0.15) is 5.10 Å². The van der Waals surface area contributed by atoms with Gasteiger partial charge < -0.3 is 10.6 Å². The third kappa shape index (κ3) is 5.80. The molecule has 5 rings (SSSR count). The van der Waals surface area contributed by atoms with E-state index in [1.54, 1.807) is 31.6 Å². The van der Waals surface area contributed by atoms with Crippen molar-refractivity contribution in [2.24, 2.45) is 7.05 Å². The van der Waals surface area contributed by atoms with Crippen molar-refractivity contribution in [3.63, 3.8) is 0 Å². The number of amides is 2. The fraction of sp³-hybridized carbons (Fsp3) is 0.125. The highest BCUT2D eigenvalue weighted by Gasteiger charge is 2.33. The summed E-state index contributed by atoms with van der Waals surface area (Å²) in [6, 6.07) is 29.2. The zero-order chi connectivity index (χ0) is 28.1. The first kappa shape index (κ1) is 26.8. The average molecular weight is 550 g/mol. The van der Waals surface area contributed by atoms with Crippen LogP contribution in [-0.4, -0.2) is 32.6 Å². The lowest BCUT2D eigenvalue weighted by Gasteiger charge is -2.28. The number of rotatable bonds is 8. The van der Waals surface area contributed by atoms with Crippen LogP contribution in [0.3, 0.4) is 0 Å². The molecule has 0 aliphatic carbocycles. The van der Waals surface area contributed by atoms with Gasteiger partial charge in [0.25, 0.3) is 5.91 Å². The van der Waals surface area contributed by atoms with Crippen molar-refractivity contribution in [1.82, 2.24) is 20.1 Å². The van der Waals surface area contributed by atoms with Gasteiger partial charge in [-0.25, -0.2) is 0 Å². The zero-order valence-corrected chi connectivity index (χ0v) is 22.8. The highest BCUT2D eigenvalue weighted by molar-refractivity contribution is 6.33. The normalized spacial score (nSPS) is 11.7. The molecule has 2 aromatic heterocycles. The Hall–Kier alpha value is -4.75. The third-order valence-corrected chi connectivity index (χ3v) is 7.12. The molecule has 0 saturated heterocycles. The first-order chi connectivity index (χ1) is 19.4. The van der Waals surface area contributed by atoms with Gasteiger partial charge in [0.1, 0.15) is 11.7 Å². The topological polar surface area (TPSA) is 88.9 Å². The van der Waals surface area contributed by atoms with E-state index >= 15 is 0 Å². The summed E-state index contributed by atoms with van der Waals surface area (Å²) in [4.78, 5) is 31.7. The van der Waals surface area contributed by atoms with Crippen molar-refractivity contribution in [2.45, 2.75) is 18.9 Å². The molecule has 0 bridgehead atoms. The minimum absolute atomic E-state index is 0.350. The number of carbonyl (C=O) groups is 2. The number of aromatic nitrogens is 3. The fourth-order valence-corrected chi connectivity index (χ4v) is 5.13. The lowest BCUT2D eigenvalue weighted by molar-refractivity contribution is -0.118. The molecule has 2 N–H and O–H groups in total. The Bertz CT molecular complexity index is 1560. The van der Waals surface area contributed by atoms with E-state index in [-0.39, 0.29) is 5.91 Å². The second-order valence-electron chi connectivity index (χ2n) is 9.41. The maximum Gasteiger partial charge on any atom is 0.270 e. The largest absolute Gasteiger partial charge is 0.338 e. The minimum Gasteiger partial charge on any atom is -0.338 e. The highest BCUT2D eigenvalue weighted by atomic mass is 35.5. The van der Waals surface area contributed by atoms with E-state index in [1.807, 2.05) is 91.9 Å². The van der Waals surface area contributed by atoms with Gasteiger partial charge in [0.05, 0.1) is 5.02 Å². The average Bonchev–Trinajstić information content (AvgIpc) is 3.40. The van der Waals surface area contributed by atoms with Gasteiger partial charge in [0.15, 0.2) is 0 Å². The maximum absolute atomic E-state index is 14.0. The van der Waals surface area contributed by atoms with Crippen LogP contribution < -0.4 is 10.6 Å². The van der Waals surface area contributed by atoms with Crippen molar-refractivity contribution >= 4 is 29.1 Å². The molecule has 40 heavy (non-hydrogen) atoms. The Morgan fingerprint density at radius 2 is 1.45 bits per heavy atom. The quantitative estimate of drug-likeness (QED) is 0.248. The molecule has 200 valence electrons. The van der Waals surface area contributed by atoms with Crippen LogP contribution in [-0.2, 0) is 11.8 Å². The molecule has 8 heteroatoms. The van der Waals surface area contributed by atoms with Gasteiger partial charge in [-0.15, -0.1) is 0 Å². The number of hydrogen-bond donors (Lipinski definition) is 2. The summed E-state index contributed by atoms with van der Waals surface area (Å²) < 4.78 is 1.48. The number of hydrogen-bond acceptors (Lipinski definition) is 4. The van der Waals surface area contributed by atoms with Crippen LogP contribution in [0, 0.1) is 6.92 Å². The van der Waals surface area contributed by atoms with Crippen molar-refractivity contribution in [2.75, 3.05) is 5.32 Å². The van der Waals surface area contributed by atoms with Gasteiger partial charge in [0, 0.05) is 42.3 Å². The van der Waals surface area contributed by atoms with E-state index in [4.69, 9.17) is 11.6 Å². The van der Waals surface area contributed by atoms with Crippen molar-refractivity contribution in [1.29, 1.82) is 0 Å². The molecule has 0 aliphatic rings. The van der Waals surface area contributed by atoms with E-state index in [2.05, 4.69) is 20.7 Å². The molecule has 0 spiro atoms. The molecule has 1 unspecified atom stereocenters.